The van der Waals surface area contributed by atoms with Gasteiger partial charge in [-0.1, -0.05) is 36.8 Å². The maximum Gasteiger partial charge on any atom is 0.227 e. The lowest BCUT2D eigenvalue weighted by Gasteiger charge is -2.23. The molecule has 0 radical (unpaired) electrons. The van der Waals surface area contributed by atoms with Gasteiger partial charge in [-0.2, -0.15) is 5.10 Å². The maximum absolute atomic E-state index is 13.0. The Labute approximate surface area is 169 Å². The molecule has 29 heavy (non-hydrogen) atoms. The minimum absolute atomic E-state index is 0.0252. The lowest BCUT2D eigenvalue weighted by Crippen LogP contribution is -2.37. The Morgan fingerprint density at radius 1 is 1.24 bits per heavy atom. The van der Waals surface area contributed by atoms with E-state index in [0.717, 1.165) is 16.7 Å². The van der Waals surface area contributed by atoms with Gasteiger partial charge in [0.1, 0.15) is 19.3 Å². The summed E-state index contributed by atoms with van der Waals surface area (Å²) in [6.45, 7) is 5.59. The van der Waals surface area contributed by atoms with Gasteiger partial charge in [0, 0.05) is 12.1 Å². The van der Waals surface area contributed by atoms with Crippen LogP contribution in [0.25, 0.3) is 11.1 Å². The average molecular weight is 392 g/mol. The first-order valence-corrected chi connectivity index (χ1v) is 9.68. The topological polar surface area (TPSA) is 80.5 Å². The number of hydrogen-bond acceptors (Lipinski definition) is 5. The van der Waals surface area contributed by atoms with Crippen LogP contribution in [0.3, 0.4) is 0 Å². The van der Waals surface area contributed by atoms with Crippen molar-refractivity contribution >= 4 is 5.91 Å². The number of carbonyl (C=O) groups is 1. The Bertz CT molecular complexity index is 1000. The van der Waals surface area contributed by atoms with Crippen molar-refractivity contribution in [2.45, 2.75) is 26.9 Å². The zero-order chi connectivity index (χ0) is 20.4. The van der Waals surface area contributed by atoms with Crippen molar-refractivity contribution in [3.63, 3.8) is 0 Å². The maximum atomic E-state index is 13.0. The number of phenols is 1. The van der Waals surface area contributed by atoms with Crippen molar-refractivity contribution in [1.82, 2.24) is 19.7 Å². The lowest BCUT2D eigenvalue weighted by atomic mass is 10.00. The first-order valence-electron chi connectivity index (χ1n) is 9.68. The molecular formula is C22H24N4O3. The third-order valence-electron chi connectivity index (χ3n) is 5.16. The molecule has 1 aliphatic heterocycles. The normalized spacial score (nSPS) is 14.6. The number of carbonyl (C=O) groups excluding carboxylic acids is 1. The fourth-order valence-corrected chi connectivity index (χ4v) is 3.60. The summed E-state index contributed by atoms with van der Waals surface area (Å²) in [5, 5.41) is 14.6. The summed E-state index contributed by atoms with van der Waals surface area (Å²) < 4.78 is 7.44. The number of aryl methyl sites for hydroxylation is 1. The Kier molecular flexibility index (Phi) is 5.20. The van der Waals surface area contributed by atoms with Gasteiger partial charge in [0.05, 0.1) is 19.0 Å². The molecule has 0 saturated heterocycles. The summed E-state index contributed by atoms with van der Waals surface area (Å²) in [6, 6.07) is 11.8. The van der Waals surface area contributed by atoms with Crippen molar-refractivity contribution in [2.75, 3.05) is 13.2 Å². The van der Waals surface area contributed by atoms with E-state index in [1.807, 2.05) is 44.2 Å². The monoisotopic (exact) mass is 392 g/mol. The highest BCUT2D eigenvalue weighted by Crippen LogP contribution is 2.37. The molecule has 0 unspecified atom stereocenters. The molecule has 1 aromatic heterocycles. The van der Waals surface area contributed by atoms with Crippen LogP contribution in [0, 0.1) is 12.8 Å². The minimum Gasteiger partial charge on any atom is -0.504 e. The molecule has 1 N–H and O–H groups in total. The van der Waals surface area contributed by atoms with Crippen LogP contribution in [0.5, 0.6) is 11.5 Å². The summed E-state index contributed by atoms with van der Waals surface area (Å²) >= 11 is 0. The van der Waals surface area contributed by atoms with E-state index >= 15 is 0 Å². The molecule has 0 spiro atoms. The van der Waals surface area contributed by atoms with E-state index in [4.69, 9.17) is 4.74 Å². The summed E-state index contributed by atoms with van der Waals surface area (Å²) in [7, 11) is 0. The third-order valence-corrected chi connectivity index (χ3v) is 5.16. The van der Waals surface area contributed by atoms with E-state index < -0.39 is 0 Å². The highest BCUT2D eigenvalue weighted by molar-refractivity contribution is 5.79. The van der Waals surface area contributed by atoms with Gasteiger partial charge >= 0.3 is 0 Å². The van der Waals surface area contributed by atoms with Gasteiger partial charge in [0.25, 0.3) is 0 Å². The number of hydrogen-bond donors (Lipinski definition) is 1. The number of fused-ring (bicyclic) bond motifs is 1. The zero-order valence-corrected chi connectivity index (χ0v) is 16.6. The molecule has 0 saturated carbocycles. The van der Waals surface area contributed by atoms with Gasteiger partial charge in [-0.3, -0.25) is 9.48 Å². The quantitative estimate of drug-likeness (QED) is 0.738. The van der Waals surface area contributed by atoms with Gasteiger partial charge in [0.15, 0.2) is 11.5 Å². The minimum atomic E-state index is -0.243. The molecule has 3 aromatic rings. The van der Waals surface area contributed by atoms with E-state index in [9.17, 15) is 9.90 Å². The number of benzene rings is 2. The van der Waals surface area contributed by atoms with E-state index in [1.165, 1.54) is 11.9 Å². The van der Waals surface area contributed by atoms with Crippen LogP contribution < -0.4 is 4.74 Å². The Balaban J connectivity index is 1.58. The van der Waals surface area contributed by atoms with Gasteiger partial charge in [-0.25, -0.2) is 4.98 Å². The van der Waals surface area contributed by atoms with Crippen LogP contribution >= 0.6 is 0 Å². The van der Waals surface area contributed by atoms with Crippen molar-refractivity contribution < 1.29 is 14.6 Å². The lowest BCUT2D eigenvalue weighted by molar-refractivity contribution is -0.136. The standard InChI is InChI=1S/C22H24N4O3/c1-15-3-5-17(6-4-15)18-9-19-12-25(7-8-29-21(19)20(27)10-18)22(28)16(2)11-26-14-23-13-24-26/h3-6,9-10,13-14,16,27H,7-8,11-12H2,1-2H3/t16-/m0/s1. The van der Waals surface area contributed by atoms with Gasteiger partial charge in [-0.15, -0.1) is 0 Å². The molecule has 7 nitrogen and oxygen atoms in total. The number of nitrogens with zero attached hydrogens (tertiary/aromatic N) is 4. The smallest absolute Gasteiger partial charge is 0.227 e. The van der Waals surface area contributed by atoms with Gasteiger partial charge in [0.2, 0.25) is 5.91 Å². The molecule has 150 valence electrons. The van der Waals surface area contributed by atoms with Crippen LogP contribution in [0.4, 0.5) is 0 Å². The first-order chi connectivity index (χ1) is 14.0. The second kappa shape index (κ2) is 7.95. The van der Waals surface area contributed by atoms with Crippen LogP contribution in [0.1, 0.15) is 18.1 Å². The van der Waals surface area contributed by atoms with Gasteiger partial charge < -0.3 is 14.7 Å². The van der Waals surface area contributed by atoms with Gasteiger partial charge in [-0.05, 0) is 30.2 Å². The number of amides is 1. The average Bonchev–Trinajstić information content (AvgIpc) is 3.11. The second-order valence-corrected chi connectivity index (χ2v) is 7.48. The number of aromatic hydroxyl groups is 1. The summed E-state index contributed by atoms with van der Waals surface area (Å²) in [5.74, 6) is 0.340. The summed E-state index contributed by atoms with van der Waals surface area (Å²) in [6.07, 6.45) is 3.07. The number of rotatable bonds is 4. The largest absolute Gasteiger partial charge is 0.504 e. The van der Waals surface area contributed by atoms with Crippen molar-refractivity contribution in [1.29, 1.82) is 0 Å². The predicted octanol–water partition coefficient (Wildman–Crippen LogP) is 3.02. The number of phenolic OH excluding ortho intramolecular Hbond substituents is 1. The van der Waals surface area contributed by atoms with Crippen molar-refractivity contribution in [2.24, 2.45) is 5.92 Å². The number of ether oxygens (including phenoxy) is 1. The van der Waals surface area contributed by atoms with Crippen LogP contribution in [0.2, 0.25) is 0 Å². The third kappa shape index (κ3) is 4.08. The molecule has 4 rings (SSSR count). The second-order valence-electron chi connectivity index (χ2n) is 7.48. The van der Waals surface area contributed by atoms with Crippen molar-refractivity contribution in [3.8, 4) is 22.6 Å². The Morgan fingerprint density at radius 3 is 2.76 bits per heavy atom. The fraction of sp³-hybridized carbons (Fsp3) is 0.318. The molecule has 1 aliphatic rings. The Morgan fingerprint density at radius 2 is 2.03 bits per heavy atom. The first kappa shape index (κ1) is 19.0. The molecule has 1 atom stereocenters. The van der Waals surface area contributed by atoms with E-state index in [0.29, 0.717) is 32.0 Å². The van der Waals surface area contributed by atoms with Crippen LogP contribution in [-0.2, 0) is 17.9 Å². The molecule has 1 amide bonds. The predicted molar refractivity (Wildman–Crippen MR) is 108 cm³/mol. The SMILES string of the molecule is Cc1ccc(-c2cc(O)c3c(c2)CN(C(=O)[C@@H](C)Cn2cncn2)CCO3)cc1. The molecule has 0 aliphatic carbocycles. The van der Waals surface area contributed by atoms with Crippen LogP contribution in [0.15, 0.2) is 49.1 Å². The molecule has 7 heteroatoms. The molecule has 2 heterocycles. The Hall–Kier alpha value is -3.35. The molecule has 2 aromatic carbocycles. The molecule has 0 bridgehead atoms. The molecule has 0 fully saturated rings. The van der Waals surface area contributed by atoms with E-state index in [-0.39, 0.29) is 17.6 Å². The highest BCUT2D eigenvalue weighted by atomic mass is 16.5. The molecular weight excluding hydrogens is 368 g/mol. The van der Waals surface area contributed by atoms with E-state index in [2.05, 4.69) is 10.1 Å². The van der Waals surface area contributed by atoms with Crippen LogP contribution in [-0.4, -0.2) is 43.8 Å². The summed E-state index contributed by atoms with van der Waals surface area (Å²) in [4.78, 5) is 18.7. The summed E-state index contributed by atoms with van der Waals surface area (Å²) in [5.41, 5.74) is 3.89. The number of aromatic nitrogens is 3. The zero-order valence-electron chi connectivity index (χ0n) is 16.6. The fourth-order valence-electron chi connectivity index (χ4n) is 3.60. The van der Waals surface area contributed by atoms with Crippen molar-refractivity contribution in [3.05, 3.63) is 60.2 Å². The van der Waals surface area contributed by atoms with E-state index in [1.54, 1.807) is 22.0 Å². The highest BCUT2D eigenvalue weighted by Gasteiger charge is 2.26.